The maximum Gasteiger partial charge on any atom is 0.404 e. The van der Waals surface area contributed by atoms with E-state index in [0.29, 0.717) is 18.2 Å². The van der Waals surface area contributed by atoms with E-state index in [1.807, 2.05) is 0 Å². The summed E-state index contributed by atoms with van der Waals surface area (Å²) in [5.74, 6) is -7.42. The van der Waals surface area contributed by atoms with E-state index in [4.69, 9.17) is 14.2 Å². The predicted molar refractivity (Wildman–Crippen MR) is 103 cm³/mol. The van der Waals surface area contributed by atoms with Crippen molar-refractivity contribution in [3.8, 4) is 17.2 Å². The Morgan fingerprint density at radius 2 is 0.968 bits per heavy atom. The van der Waals surface area contributed by atoms with Crippen LogP contribution >= 0.6 is 0 Å². The van der Waals surface area contributed by atoms with E-state index < -0.39 is 49.1 Å². The Hall–Kier alpha value is -2.83. The maximum absolute atomic E-state index is 15.0. The topological polar surface area (TPSA) is 27.7 Å². The summed E-state index contributed by atoms with van der Waals surface area (Å²) >= 11 is -3.54. The van der Waals surface area contributed by atoms with Crippen molar-refractivity contribution in [2.75, 3.05) is 21.3 Å². The molecule has 0 atom stereocenters. The van der Waals surface area contributed by atoms with Gasteiger partial charge in [-0.05, 0) is 16.6 Å². The fraction of sp³-hybridized carbons (Fsp3) is 0.143. The molecule has 0 N–H and O–H groups in total. The van der Waals surface area contributed by atoms with E-state index in [2.05, 4.69) is 0 Å². The third-order valence-electron chi connectivity index (χ3n) is 4.73. The number of hydrogen-bond donors (Lipinski definition) is 0. The van der Waals surface area contributed by atoms with Crippen molar-refractivity contribution in [1.82, 2.24) is 0 Å². The lowest BCUT2D eigenvalue weighted by Gasteiger charge is -2.20. The molecular formula is C21H15AlF6O3. The summed E-state index contributed by atoms with van der Waals surface area (Å²) in [7, 11) is 3.40. The molecule has 0 spiro atoms. The van der Waals surface area contributed by atoms with Gasteiger partial charge in [-0.3, -0.25) is 0 Å². The molecular weight excluding hydrogens is 441 g/mol. The maximum atomic E-state index is 15.0. The second-order valence-electron chi connectivity index (χ2n) is 6.45. The Morgan fingerprint density at radius 3 is 1.39 bits per heavy atom. The average Bonchev–Trinajstić information content (AvgIpc) is 2.71. The predicted octanol–water partition coefficient (Wildman–Crippen LogP) is 3.06. The molecule has 0 heterocycles. The van der Waals surface area contributed by atoms with Gasteiger partial charge in [-0.25, -0.2) is 26.3 Å². The molecule has 3 aromatic rings. The van der Waals surface area contributed by atoms with Gasteiger partial charge in [0.1, 0.15) is 29.0 Å². The smallest absolute Gasteiger partial charge is 0.404 e. The first-order chi connectivity index (χ1) is 14.7. The number of halogens is 6. The molecule has 0 radical (unpaired) electrons. The van der Waals surface area contributed by atoms with Crippen LogP contribution in [-0.2, 0) is 0 Å². The molecule has 0 bridgehead atoms. The Morgan fingerprint density at radius 1 is 0.516 bits per heavy atom. The van der Waals surface area contributed by atoms with Crippen LogP contribution in [0.2, 0.25) is 0 Å². The van der Waals surface area contributed by atoms with Gasteiger partial charge in [0.25, 0.3) is 0 Å². The van der Waals surface area contributed by atoms with Gasteiger partial charge >= 0.3 is 14.1 Å². The van der Waals surface area contributed by atoms with E-state index >= 15 is 0 Å². The lowest BCUT2D eigenvalue weighted by Crippen LogP contribution is -2.56. The zero-order valence-electron chi connectivity index (χ0n) is 16.5. The Kier molecular flexibility index (Phi) is 6.72. The Labute approximate surface area is 178 Å². The normalized spacial score (nSPS) is 10.7. The van der Waals surface area contributed by atoms with Crippen LogP contribution < -0.4 is 27.5 Å². The van der Waals surface area contributed by atoms with E-state index in [1.165, 1.54) is 0 Å². The first kappa shape index (κ1) is 22.8. The molecule has 0 saturated carbocycles. The fourth-order valence-corrected chi connectivity index (χ4v) is 6.49. The zero-order valence-corrected chi connectivity index (χ0v) is 17.7. The van der Waals surface area contributed by atoms with Crippen LogP contribution in [0.25, 0.3) is 0 Å². The standard InChI is InChI=1S/3C7H5F2O.Al/c1-10-7-3-5(8)2-6(9)4-7;2*1-10-7-3-2-5(8)4-6(7)9;/h2-3H,1H3;2*3-4H,1H3;. The lowest BCUT2D eigenvalue weighted by atomic mass is 10.3. The SMILES string of the molecule is COc1c[c]([Al]([c]2cc(OC)c(F)cc2F)[c]2c(F)cc(F)cc2OC)c(F)cc1F. The molecule has 0 saturated heterocycles. The van der Waals surface area contributed by atoms with E-state index in [0.717, 1.165) is 39.5 Å². The Balaban J connectivity index is 2.43. The molecule has 0 amide bonds. The zero-order chi connectivity index (χ0) is 22.9. The van der Waals surface area contributed by atoms with Crippen molar-refractivity contribution in [3.05, 3.63) is 71.3 Å². The number of methoxy groups -OCH3 is 3. The Bertz CT molecular complexity index is 1080. The molecule has 3 nitrogen and oxygen atoms in total. The number of ether oxygens (including phenoxy) is 3. The second kappa shape index (κ2) is 9.12. The minimum Gasteiger partial charge on any atom is -0.498 e. The number of benzene rings is 3. The highest BCUT2D eigenvalue weighted by molar-refractivity contribution is 6.96. The van der Waals surface area contributed by atoms with Crippen LogP contribution in [0.1, 0.15) is 0 Å². The van der Waals surface area contributed by atoms with Gasteiger partial charge in [0.2, 0.25) is 0 Å². The molecule has 162 valence electrons. The molecule has 0 aliphatic rings. The molecule has 0 fully saturated rings. The monoisotopic (exact) mass is 456 g/mol. The highest BCUT2D eigenvalue weighted by atomic mass is 27.2. The highest BCUT2D eigenvalue weighted by Crippen LogP contribution is 2.22. The van der Waals surface area contributed by atoms with Gasteiger partial charge in [-0.15, -0.1) is 0 Å². The van der Waals surface area contributed by atoms with E-state index in [9.17, 15) is 26.3 Å². The summed E-state index contributed by atoms with van der Waals surface area (Å²) < 4.78 is 100. The second-order valence-corrected chi connectivity index (χ2v) is 9.14. The summed E-state index contributed by atoms with van der Waals surface area (Å²) in [6.07, 6.45) is 0. The van der Waals surface area contributed by atoms with Crippen molar-refractivity contribution in [2.45, 2.75) is 0 Å². The van der Waals surface area contributed by atoms with Gasteiger partial charge in [-0.1, -0.05) is 8.85 Å². The van der Waals surface area contributed by atoms with Gasteiger partial charge in [0.15, 0.2) is 23.1 Å². The largest absolute Gasteiger partial charge is 0.498 e. The third-order valence-corrected chi connectivity index (χ3v) is 8.00. The van der Waals surface area contributed by atoms with Crippen LogP contribution in [-0.4, -0.2) is 35.5 Å². The quantitative estimate of drug-likeness (QED) is 0.422. The minimum absolute atomic E-state index is 0.283. The molecule has 0 aliphatic heterocycles. The summed E-state index contributed by atoms with van der Waals surface area (Å²) in [6.45, 7) is 0. The van der Waals surface area contributed by atoms with Crippen LogP contribution in [0.4, 0.5) is 26.3 Å². The molecule has 10 heteroatoms. The molecule has 3 aromatic carbocycles. The summed E-state index contributed by atoms with van der Waals surface area (Å²) in [5.41, 5.74) is 0. The molecule has 3 rings (SSSR count). The van der Waals surface area contributed by atoms with Crippen molar-refractivity contribution < 1.29 is 40.6 Å². The first-order valence-electron chi connectivity index (χ1n) is 8.80. The summed E-state index contributed by atoms with van der Waals surface area (Å²) in [5, 5.41) is 0. The molecule has 0 aliphatic carbocycles. The van der Waals surface area contributed by atoms with Crippen molar-refractivity contribution in [2.24, 2.45) is 0 Å². The van der Waals surface area contributed by atoms with Crippen molar-refractivity contribution in [3.63, 3.8) is 0 Å². The van der Waals surface area contributed by atoms with Crippen molar-refractivity contribution >= 4 is 27.4 Å². The fourth-order valence-electron chi connectivity index (χ4n) is 3.33. The lowest BCUT2D eigenvalue weighted by molar-refractivity contribution is 0.384. The van der Waals surface area contributed by atoms with Gasteiger partial charge in [0.05, 0.1) is 21.3 Å². The summed E-state index contributed by atoms with van der Waals surface area (Å²) in [4.78, 5) is 0. The molecule has 31 heavy (non-hydrogen) atoms. The van der Waals surface area contributed by atoms with Gasteiger partial charge in [0, 0.05) is 24.3 Å². The number of rotatable bonds is 6. The van der Waals surface area contributed by atoms with Crippen molar-refractivity contribution in [1.29, 1.82) is 0 Å². The van der Waals surface area contributed by atoms with E-state index in [-0.39, 0.29) is 30.5 Å². The van der Waals surface area contributed by atoms with Crippen LogP contribution in [0.15, 0.2) is 36.4 Å². The minimum atomic E-state index is -3.54. The van der Waals surface area contributed by atoms with E-state index in [1.54, 1.807) is 0 Å². The van der Waals surface area contributed by atoms with Crippen LogP contribution in [0.3, 0.4) is 0 Å². The van der Waals surface area contributed by atoms with Gasteiger partial charge in [-0.2, -0.15) is 0 Å². The number of hydrogen-bond acceptors (Lipinski definition) is 3. The van der Waals surface area contributed by atoms with Gasteiger partial charge < -0.3 is 14.2 Å². The van der Waals surface area contributed by atoms with Crippen LogP contribution in [0.5, 0.6) is 17.2 Å². The first-order valence-corrected chi connectivity index (χ1v) is 10.5. The third kappa shape index (κ3) is 4.31. The molecule has 0 aromatic heterocycles. The van der Waals surface area contributed by atoms with Crippen LogP contribution in [0, 0.1) is 34.9 Å². The molecule has 0 unspecified atom stereocenters. The highest BCUT2D eigenvalue weighted by Gasteiger charge is 2.37. The summed E-state index contributed by atoms with van der Waals surface area (Å²) in [6, 6.07) is 4.37. The average molecular weight is 456 g/mol.